The fourth-order valence-electron chi connectivity index (χ4n) is 2.88. The zero-order valence-corrected chi connectivity index (χ0v) is 8.40. The van der Waals surface area contributed by atoms with E-state index in [1.807, 2.05) is 0 Å². The summed E-state index contributed by atoms with van der Waals surface area (Å²) in [7, 11) is 0. The van der Waals surface area contributed by atoms with Crippen LogP contribution >= 0.6 is 0 Å². The Labute approximate surface area is 75.9 Å². The van der Waals surface area contributed by atoms with Crippen LogP contribution in [-0.2, 0) is 0 Å². The van der Waals surface area contributed by atoms with E-state index >= 15 is 0 Å². The fraction of sp³-hybridized carbons (Fsp3) is 1.00. The molecule has 1 nitrogen and oxygen atoms in total. The molecular formula is C11H21N. The van der Waals surface area contributed by atoms with Crippen molar-refractivity contribution in [2.45, 2.75) is 52.0 Å². The molecule has 2 aliphatic rings. The van der Waals surface area contributed by atoms with Crippen molar-refractivity contribution in [2.75, 3.05) is 6.54 Å². The van der Waals surface area contributed by atoms with Crippen molar-refractivity contribution in [1.29, 1.82) is 0 Å². The first-order valence-corrected chi connectivity index (χ1v) is 5.50. The summed E-state index contributed by atoms with van der Waals surface area (Å²) in [5.74, 6) is 1.07. The van der Waals surface area contributed by atoms with Gasteiger partial charge >= 0.3 is 0 Å². The maximum absolute atomic E-state index is 3.70. The molecule has 0 aliphatic heterocycles. The largest absolute Gasteiger partial charge is 0.313 e. The van der Waals surface area contributed by atoms with E-state index in [2.05, 4.69) is 19.2 Å². The minimum Gasteiger partial charge on any atom is -0.313 e. The maximum Gasteiger partial charge on any atom is 0.0124 e. The average molecular weight is 167 g/mol. The molecule has 0 heterocycles. The topological polar surface area (TPSA) is 12.0 Å². The van der Waals surface area contributed by atoms with Gasteiger partial charge in [0.2, 0.25) is 0 Å². The van der Waals surface area contributed by atoms with Crippen molar-refractivity contribution in [2.24, 2.45) is 11.3 Å². The van der Waals surface area contributed by atoms with E-state index in [0.29, 0.717) is 5.41 Å². The van der Waals surface area contributed by atoms with Crippen LogP contribution in [0.2, 0.25) is 0 Å². The van der Waals surface area contributed by atoms with Gasteiger partial charge in [0.15, 0.2) is 0 Å². The van der Waals surface area contributed by atoms with Crippen molar-refractivity contribution in [1.82, 2.24) is 5.32 Å². The summed E-state index contributed by atoms with van der Waals surface area (Å²) in [5, 5.41) is 3.70. The molecule has 3 atom stereocenters. The number of nitrogens with one attached hydrogen (secondary N) is 1. The highest BCUT2D eigenvalue weighted by molar-refractivity contribution is 5.08. The van der Waals surface area contributed by atoms with Crippen molar-refractivity contribution in [3.63, 3.8) is 0 Å². The highest BCUT2D eigenvalue weighted by Crippen LogP contribution is 2.60. The Balaban J connectivity index is 1.87. The quantitative estimate of drug-likeness (QED) is 0.681. The Bertz CT molecular complexity index is 166. The van der Waals surface area contributed by atoms with Gasteiger partial charge in [0.05, 0.1) is 0 Å². The summed E-state index contributed by atoms with van der Waals surface area (Å²) in [6, 6.07) is 0.844. The number of hydrogen-bond acceptors (Lipinski definition) is 1. The van der Waals surface area contributed by atoms with Crippen molar-refractivity contribution in [3.05, 3.63) is 0 Å². The van der Waals surface area contributed by atoms with Gasteiger partial charge in [0, 0.05) is 6.04 Å². The van der Waals surface area contributed by atoms with Gasteiger partial charge in [-0.05, 0) is 43.6 Å². The van der Waals surface area contributed by atoms with Gasteiger partial charge < -0.3 is 5.32 Å². The molecule has 0 aromatic rings. The van der Waals surface area contributed by atoms with Crippen molar-refractivity contribution < 1.29 is 0 Å². The van der Waals surface area contributed by atoms with Crippen molar-refractivity contribution in [3.8, 4) is 0 Å². The molecule has 0 radical (unpaired) electrons. The smallest absolute Gasteiger partial charge is 0.0124 e. The Kier molecular flexibility index (Phi) is 2.16. The summed E-state index contributed by atoms with van der Waals surface area (Å²) in [5.41, 5.74) is 0.702. The third-order valence-corrected chi connectivity index (χ3v) is 3.94. The zero-order valence-electron chi connectivity index (χ0n) is 8.40. The maximum atomic E-state index is 3.70. The molecule has 2 aliphatic carbocycles. The van der Waals surface area contributed by atoms with Gasteiger partial charge in [-0.15, -0.1) is 0 Å². The first-order valence-electron chi connectivity index (χ1n) is 5.50. The minimum absolute atomic E-state index is 0.702. The van der Waals surface area contributed by atoms with Gasteiger partial charge in [-0.2, -0.15) is 0 Å². The standard InChI is InChI=1S/C11H21N/c1-3-7-12-10-6-4-5-9-8-11(9,10)2/h9-10,12H,3-8H2,1-2H3. The molecular weight excluding hydrogens is 146 g/mol. The Morgan fingerprint density at radius 3 is 3.00 bits per heavy atom. The SMILES string of the molecule is CCCNC1CCCC2CC21C. The van der Waals surface area contributed by atoms with Gasteiger partial charge in [-0.1, -0.05) is 20.3 Å². The molecule has 0 aromatic heterocycles. The zero-order chi connectivity index (χ0) is 8.60. The molecule has 2 saturated carbocycles. The van der Waals surface area contributed by atoms with Crippen LogP contribution in [0.25, 0.3) is 0 Å². The Hall–Kier alpha value is -0.0400. The lowest BCUT2D eigenvalue weighted by molar-refractivity contribution is 0.263. The molecule has 0 amide bonds. The molecule has 2 rings (SSSR count). The van der Waals surface area contributed by atoms with E-state index in [4.69, 9.17) is 0 Å². The summed E-state index contributed by atoms with van der Waals surface area (Å²) in [6.45, 7) is 5.94. The molecule has 0 bridgehead atoms. The Morgan fingerprint density at radius 1 is 1.42 bits per heavy atom. The van der Waals surface area contributed by atoms with Gasteiger partial charge in [-0.3, -0.25) is 0 Å². The molecule has 1 N–H and O–H groups in total. The van der Waals surface area contributed by atoms with Crippen LogP contribution in [0, 0.1) is 11.3 Å². The summed E-state index contributed by atoms with van der Waals surface area (Å²) < 4.78 is 0. The summed E-state index contributed by atoms with van der Waals surface area (Å²) in [4.78, 5) is 0. The number of rotatable bonds is 3. The van der Waals surface area contributed by atoms with E-state index in [9.17, 15) is 0 Å². The van der Waals surface area contributed by atoms with E-state index in [-0.39, 0.29) is 0 Å². The molecule has 0 aromatic carbocycles. The van der Waals surface area contributed by atoms with E-state index < -0.39 is 0 Å². The monoisotopic (exact) mass is 167 g/mol. The summed E-state index contributed by atoms with van der Waals surface area (Å²) >= 11 is 0. The average Bonchev–Trinajstić information content (AvgIpc) is 2.73. The normalized spacial score (nSPS) is 45.5. The van der Waals surface area contributed by atoms with Crippen LogP contribution in [0.3, 0.4) is 0 Å². The highest BCUT2D eigenvalue weighted by Gasteiger charge is 2.56. The predicted octanol–water partition coefficient (Wildman–Crippen LogP) is 2.56. The second-order valence-electron chi connectivity index (χ2n) is 4.84. The van der Waals surface area contributed by atoms with Crippen LogP contribution in [0.1, 0.15) is 46.0 Å². The number of fused-ring (bicyclic) bond motifs is 1. The van der Waals surface area contributed by atoms with Crippen molar-refractivity contribution >= 4 is 0 Å². The van der Waals surface area contributed by atoms with Crippen LogP contribution in [0.15, 0.2) is 0 Å². The van der Waals surface area contributed by atoms with E-state index in [1.54, 1.807) is 0 Å². The van der Waals surface area contributed by atoms with Crippen LogP contribution in [0.4, 0.5) is 0 Å². The lowest BCUT2D eigenvalue weighted by atomic mass is 9.85. The molecule has 0 spiro atoms. The molecule has 0 saturated heterocycles. The second-order valence-corrected chi connectivity index (χ2v) is 4.84. The van der Waals surface area contributed by atoms with Crippen LogP contribution in [0.5, 0.6) is 0 Å². The molecule has 70 valence electrons. The number of hydrogen-bond donors (Lipinski definition) is 1. The van der Waals surface area contributed by atoms with Gasteiger partial charge in [0.1, 0.15) is 0 Å². The lowest BCUT2D eigenvalue weighted by Crippen LogP contribution is -2.39. The second kappa shape index (κ2) is 3.02. The first kappa shape index (κ1) is 8.55. The summed E-state index contributed by atoms with van der Waals surface area (Å²) in [6.07, 6.45) is 7.15. The third-order valence-electron chi connectivity index (χ3n) is 3.94. The van der Waals surface area contributed by atoms with Crippen LogP contribution in [-0.4, -0.2) is 12.6 Å². The molecule has 3 unspecified atom stereocenters. The molecule has 2 fully saturated rings. The highest BCUT2D eigenvalue weighted by atomic mass is 15.0. The fourth-order valence-corrected chi connectivity index (χ4v) is 2.88. The van der Waals surface area contributed by atoms with E-state index in [0.717, 1.165) is 12.0 Å². The minimum atomic E-state index is 0.702. The Morgan fingerprint density at radius 2 is 2.25 bits per heavy atom. The van der Waals surface area contributed by atoms with Gasteiger partial charge in [0.25, 0.3) is 0 Å². The lowest BCUT2D eigenvalue weighted by Gasteiger charge is -2.30. The predicted molar refractivity (Wildman–Crippen MR) is 52.1 cm³/mol. The third kappa shape index (κ3) is 1.28. The molecule has 1 heteroatoms. The molecule has 12 heavy (non-hydrogen) atoms. The first-order chi connectivity index (χ1) is 5.77. The van der Waals surface area contributed by atoms with Gasteiger partial charge in [-0.25, -0.2) is 0 Å². The van der Waals surface area contributed by atoms with E-state index in [1.165, 1.54) is 38.6 Å². The van der Waals surface area contributed by atoms with Crippen LogP contribution < -0.4 is 5.32 Å².